The maximum absolute atomic E-state index is 9.78. The Morgan fingerprint density at radius 2 is 2.00 bits per heavy atom. The number of rotatable bonds is 1. The zero-order chi connectivity index (χ0) is 10.1. The lowest BCUT2D eigenvalue weighted by atomic mass is 10.4. The second-order valence-corrected chi connectivity index (χ2v) is 2.59. The van der Waals surface area contributed by atoms with Crippen LogP contribution in [0, 0.1) is 0 Å². The van der Waals surface area contributed by atoms with Crippen LogP contribution in [-0.2, 0) is 4.79 Å². The Hall–Kier alpha value is -0.970. The van der Waals surface area contributed by atoms with Gasteiger partial charge in [0.25, 0.3) is 5.91 Å². The Kier molecular flexibility index (Phi) is 7.10. The zero-order valence-electron chi connectivity index (χ0n) is 6.74. The van der Waals surface area contributed by atoms with Crippen LogP contribution in [0.25, 0.3) is 0 Å². The van der Waals surface area contributed by atoms with E-state index in [0.29, 0.717) is 0 Å². The van der Waals surface area contributed by atoms with Crippen molar-refractivity contribution in [3.05, 3.63) is 35.4 Å². The predicted molar refractivity (Wildman–Crippen MR) is 57.4 cm³/mol. The normalized spacial score (nSPS) is 7.85. The summed E-state index contributed by atoms with van der Waals surface area (Å²) in [4.78, 5) is 9.78. The quantitative estimate of drug-likeness (QED) is 0.322. The Balaban J connectivity index is 0.000000226. The highest BCUT2D eigenvalue weighted by Gasteiger charge is 1.81. The molecule has 13 heavy (non-hydrogen) atoms. The number of amides is 1. The maximum Gasteiger partial charge on any atom is 0.268 e. The topological polar surface area (TPSA) is 55.1 Å². The van der Waals surface area contributed by atoms with Gasteiger partial charge in [-0.2, -0.15) is 0 Å². The van der Waals surface area contributed by atoms with Crippen LogP contribution in [0.1, 0.15) is 0 Å². The molecule has 0 aliphatic carbocycles. The molecule has 1 amide bonds. The SMILES string of the molecule is Clc1ccccc1.NNC(=O)C=S. The number of benzene rings is 1. The molecule has 0 fully saturated rings. The number of nitrogens with two attached hydrogens (primary N) is 1. The number of carbonyl (C=O) groups excluding carboxylic acids is 1. The minimum atomic E-state index is -0.440. The van der Waals surface area contributed by atoms with E-state index >= 15 is 0 Å². The molecule has 3 nitrogen and oxygen atoms in total. The molecule has 0 spiro atoms. The highest BCUT2D eigenvalue weighted by molar-refractivity contribution is 7.80. The first-order valence-corrected chi connectivity index (χ1v) is 4.22. The lowest BCUT2D eigenvalue weighted by Crippen LogP contribution is -2.30. The molecule has 1 rings (SSSR count). The number of nitrogens with one attached hydrogen (secondary N) is 1. The number of hydrogen-bond donors (Lipinski definition) is 2. The number of hydrogen-bond acceptors (Lipinski definition) is 3. The molecule has 0 radical (unpaired) electrons. The van der Waals surface area contributed by atoms with Gasteiger partial charge in [-0.3, -0.25) is 10.2 Å². The van der Waals surface area contributed by atoms with Gasteiger partial charge in [0.2, 0.25) is 0 Å². The molecule has 0 heterocycles. The first-order valence-electron chi connectivity index (χ1n) is 3.37. The Bertz CT molecular complexity index is 266. The third-order valence-electron chi connectivity index (χ3n) is 0.982. The van der Waals surface area contributed by atoms with Crippen LogP contribution in [0.4, 0.5) is 0 Å². The maximum atomic E-state index is 9.78. The summed E-state index contributed by atoms with van der Waals surface area (Å²) in [6, 6.07) is 9.44. The van der Waals surface area contributed by atoms with Crippen molar-refractivity contribution in [3.63, 3.8) is 0 Å². The lowest BCUT2D eigenvalue weighted by molar-refractivity contribution is -0.114. The van der Waals surface area contributed by atoms with Crippen molar-refractivity contribution in [3.8, 4) is 0 Å². The van der Waals surface area contributed by atoms with Crippen LogP contribution in [0.15, 0.2) is 30.3 Å². The van der Waals surface area contributed by atoms with E-state index in [1.54, 1.807) is 0 Å². The van der Waals surface area contributed by atoms with Crippen molar-refractivity contribution in [2.45, 2.75) is 0 Å². The molecule has 0 bridgehead atoms. The van der Waals surface area contributed by atoms with Crippen LogP contribution in [-0.4, -0.2) is 11.3 Å². The molecule has 70 valence electrons. The molecule has 0 atom stereocenters. The van der Waals surface area contributed by atoms with Gasteiger partial charge in [0, 0.05) is 5.02 Å². The molecule has 3 N–H and O–H groups in total. The van der Waals surface area contributed by atoms with E-state index in [1.165, 1.54) is 0 Å². The van der Waals surface area contributed by atoms with Crippen molar-refractivity contribution in [1.29, 1.82) is 0 Å². The van der Waals surface area contributed by atoms with E-state index in [-0.39, 0.29) is 0 Å². The molecule has 1 aromatic carbocycles. The predicted octanol–water partition coefficient (Wildman–Crippen LogP) is 1.32. The van der Waals surface area contributed by atoms with Crippen LogP contribution >= 0.6 is 23.8 Å². The molecule has 5 heteroatoms. The summed E-state index contributed by atoms with van der Waals surface area (Å²) >= 11 is 9.70. The van der Waals surface area contributed by atoms with E-state index in [4.69, 9.17) is 11.6 Å². The molecule has 0 saturated carbocycles. The highest BCUT2D eigenvalue weighted by atomic mass is 35.5. The van der Waals surface area contributed by atoms with E-state index in [0.717, 1.165) is 10.4 Å². The standard InChI is InChI=1S/C6H5Cl.C2H4N2OS/c7-6-4-2-1-3-5-6;3-4-2(5)1-6/h1-5H;1H,3H2,(H,4,5). The second-order valence-electron chi connectivity index (χ2n) is 1.92. The van der Waals surface area contributed by atoms with Crippen LogP contribution in [0.3, 0.4) is 0 Å². The van der Waals surface area contributed by atoms with Gasteiger partial charge in [-0.15, -0.1) is 0 Å². The first kappa shape index (κ1) is 12.0. The Morgan fingerprint density at radius 3 is 2.15 bits per heavy atom. The van der Waals surface area contributed by atoms with Gasteiger partial charge in [0.15, 0.2) is 0 Å². The summed E-state index contributed by atoms with van der Waals surface area (Å²) < 4.78 is 0. The smallest absolute Gasteiger partial charge is 0.268 e. The van der Waals surface area contributed by atoms with Gasteiger partial charge in [-0.1, -0.05) is 42.0 Å². The van der Waals surface area contributed by atoms with E-state index < -0.39 is 5.91 Å². The van der Waals surface area contributed by atoms with Crippen LogP contribution in [0.5, 0.6) is 0 Å². The lowest BCUT2D eigenvalue weighted by Gasteiger charge is -1.81. The van der Waals surface area contributed by atoms with Crippen LogP contribution in [0.2, 0.25) is 5.02 Å². The summed E-state index contributed by atoms with van der Waals surface area (Å²) in [5.41, 5.74) is 1.82. The highest BCUT2D eigenvalue weighted by Crippen LogP contribution is 2.03. The number of halogens is 1. The molecule has 0 saturated heterocycles. The van der Waals surface area contributed by atoms with Gasteiger partial charge in [0.1, 0.15) is 0 Å². The van der Waals surface area contributed by atoms with Crippen molar-refractivity contribution in [2.75, 3.05) is 0 Å². The average molecular weight is 217 g/mol. The fourth-order valence-electron chi connectivity index (χ4n) is 0.449. The van der Waals surface area contributed by atoms with Gasteiger partial charge in [0.05, 0.1) is 5.37 Å². The summed E-state index contributed by atoms with van der Waals surface area (Å²) in [6.07, 6.45) is 0. The van der Waals surface area contributed by atoms with E-state index in [1.807, 2.05) is 35.8 Å². The largest absolute Gasteiger partial charge is 0.290 e. The molecule has 0 aliphatic heterocycles. The van der Waals surface area contributed by atoms with Gasteiger partial charge < -0.3 is 0 Å². The molecule has 0 aliphatic rings. The van der Waals surface area contributed by atoms with Crippen molar-refractivity contribution >= 4 is 35.1 Å². The molecule has 0 unspecified atom stereocenters. The zero-order valence-corrected chi connectivity index (χ0v) is 8.31. The Labute approximate surface area is 86.9 Å². The van der Waals surface area contributed by atoms with Gasteiger partial charge in [-0.25, -0.2) is 5.84 Å². The van der Waals surface area contributed by atoms with E-state index in [2.05, 4.69) is 18.1 Å². The number of hydrazine groups is 1. The third-order valence-corrected chi connectivity index (χ3v) is 1.45. The van der Waals surface area contributed by atoms with E-state index in [9.17, 15) is 4.79 Å². The van der Waals surface area contributed by atoms with Gasteiger partial charge in [-0.05, 0) is 12.1 Å². The fourth-order valence-corrected chi connectivity index (χ4v) is 0.662. The average Bonchev–Trinajstić information content (AvgIpc) is 2.19. The summed E-state index contributed by atoms with van der Waals surface area (Å²) in [5, 5.41) is 1.72. The monoisotopic (exact) mass is 216 g/mol. The van der Waals surface area contributed by atoms with Crippen molar-refractivity contribution in [1.82, 2.24) is 5.43 Å². The van der Waals surface area contributed by atoms with Gasteiger partial charge >= 0.3 is 0 Å². The van der Waals surface area contributed by atoms with Crippen molar-refractivity contribution in [2.24, 2.45) is 5.84 Å². The summed E-state index contributed by atoms with van der Waals surface area (Å²) in [6.45, 7) is 0. The molecule has 0 aromatic heterocycles. The summed E-state index contributed by atoms with van der Waals surface area (Å²) in [7, 11) is 0. The minimum absolute atomic E-state index is 0.440. The third kappa shape index (κ3) is 7.39. The second kappa shape index (κ2) is 7.67. The minimum Gasteiger partial charge on any atom is -0.290 e. The van der Waals surface area contributed by atoms with Crippen LogP contribution < -0.4 is 11.3 Å². The van der Waals surface area contributed by atoms with Crippen molar-refractivity contribution < 1.29 is 4.79 Å². The number of carbonyl (C=O) groups is 1. The molecular formula is C8H9ClN2OS. The Morgan fingerprint density at radius 1 is 1.46 bits per heavy atom. The molecule has 1 aromatic rings. The molecular weight excluding hydrogens is 208 g/mol. The fraction of sp³-hybridized carbons (Fsp3) is 0. The first-order chi connectivity index (χ1) is 6.20. The summed E-state index contributed by atoms with van der Waals surface area (Å²) in [5.74, 6) is 4.15. The number of thiocarbonyl (C=S) groups is 1.